The van der Waals surface area contributed by atoms with Crippen molar-refractivity contribution in [3.05, 3.63) is 48.0 Å². The molecule has 4 heterocycles. The molecule has 0 spiro atoms. The minimum atomic E-state index is -0.245. The van der Waals surface area contributed by atoms with Crippen LogP contribution in [0.15, 0.2) is 36.7 Å². The molecule has 2 aliphatic heterocycles. The highest BCUT2D eigenvalue weighted by atomic mass is 16.5. The van der Waals surface area contributed by atoms with E-state index in [1.165, 1.54) is 0 Å². The molecule has 0 bridgehead atoms. The zero-order chi connectivity index (χ0) is 21.6. The molecule has 0 saturated carbocycles. The van der Waals surface area contributed by atoms with E-state index < -0.39 is 0 Å². The minimum absolute atomic E-state index is 0.120. The summed E-state index contributed by atoms with van der Waals surface area (Å²) in [5.74, 6) is -0.101. The Bertz CT molecular complexity index is 897. The second-order valence-electron chi connectivity index (χ2n) is 7.57. The van der Waals surface area contributed by atoms with E-state index in [4.69, 9.17) is 9.47 Å². The van der Waals surface area contributed by atoms with Crippen LogP contribution in [-0.4, -0.2) is 91.2 Å². The number of ether oxygens (including phenoxy) is 2. The van der Waals surface area contributed by atoms with Crippen LogP contribution in [0.5, 0.6) is 0 Å². The first-order chi connectivity index (χ1) is 15.1. The quantitative estimate of drug-likeness (QED) is 0.755. The Morgan fingerprint density at radius 1 is 1.03 bits per heavy atom. The molecule has 1 atom stereocenters. The number of nitrogens with one attached hydrogen (secondary N) is 1. The summed E-state index contributed by atoms with van der Waals surface area (Å²) in [6, 6.07) is 7.40. The first kappa shape index (κ1) is 21.4. The van der Waals surface area contributed by atoms with Gasteiger partial charge in [0.15, 0.2) is 0 Å². The van der Waals surface area contributed by atoms with E-state index in [1.807, 2.05) is 23.1 Å². The number of carbonyl (C=O) groups is 2. The van der Waals surface area contributed by atoms with E-state index >= 15 is 0 Å². The van der Waals surface area contributed by atoms with Gasteiger partial charge in [0.1, 0.15) is 11.8 Å². The maximum atomic E-state index is 12.7. The smallest absolute Gasteiger partial charge is 0.269 e. The Morgan fingerprint density at radius 2 is 1.77 bits per heavy atom. The number of carbonyl (C=O) groups excluding carboxylic acids is 2. The second-order valence-corrected chi connectivity index (χ2v) is 7.57. The summed E-state index contributed by atoms with van der Waals surface area (Å²) in [5.41, 5.74) is 2.94. The van der Waals surface area contributed by atoms with Crippen LogP contribution in [0.25, 0.3) is 11.1 Å². The molecular weight excluding hydrogens is 398 g/mol. The molecule has 164 valence electrons. The fourth-order valence-corrected chi connectivity index (χ4v) is 3.70. The zero-order valence-corrected chi connectivity index (χ0v) is 17.6. The zero-order valence-electron chi connectivity index (χ0n) is 17.6. The predicted octanol–water partition coefficient (Wildman–Crippen LogP) is 0.735. The Balaban J connectivity index is 1.38. The van der Waals surface area contributed by atoms with Crippen LogP contribution in [0, 0.1) is 0 Å². The van der Waals surface area contributed by atoms with E-state index in [0.717, 1.165) is 29.9 Å². The lowest BCUT2D eigenvalue weighted by Gasteiger charge is -2.35. The van der Waals surface area contributed by atoms with E-state index in [1.54, 1.807) is 25.5 Å². The normalized spacial score (nSPS) is 19.8. The van der Waals surface area contributed by atoms with Crippen molar-refractivity contribution in [1.29, 1.82) is 0 Å². The monoisotopic (exact) mass is 425 g/mol. The van der Waals surface area contributed by atoms with Crippen molar-refractivity contribution in [3.8, 4) is 11.1 Å². The molecule has 2 aromatic rings. The molecular formula is C22H27N5O4. The Labute approximate surface area is 181 Å². The number of hydrogen-bond acceptors (Lipinski definition) is 7. The summed E-state index contributed by atoms with van der Waals surface area (Å²) in [7, 11) is 1.57. The van der Waals surface area contributed by atoms with Gasteiger partial charge in [-0.1, -0.05) is 12.1 Å². The molecule has 2 aliphatic rings. The van der Waals surface area contributed by atoms with Crippen molar-refractivity contribution in [2.24, 2.45) is 0 Å². The Kier molecular flexibility index (Phi) is 6.86. The van der Waals surface area contributed by atoms with Crippen molar-refractivity contribution in [3.63, 3.8) is 0 Å². The molecule has 0 aliphatic carbocycles. The fraction of sp³-hybridized carbons (Fsp3) is 0.455. The highest BCUT2D eigenvalue weighted by Gasteiger charge is 2.27. The summed E-state index contributed by atoms with van der Waals surface area (Å²) in [4.78, 5) is 37.1. The van der Waals surface area contributed by atoms with Gasteiger partial charge in [0.25, 0.3) is 5.91 Å². The third kappa shape index (κ3) is 5.25. The summed E-state index contributed by atoms with van der Waals surface area (Å²) in [6.45, 7) is 4.95. The molecule has 4 rings (SSSR count). The minimum Gasteiger partial charge on any atom is -0.379 e. The lowest BCUT2D eigenvalue weighted by Crippen LogP contribution is -2.48. The highest BCUT2D eigenvalue weighted by Crippen LogP contribution is 2.24. The molecule has 31 heavy (non-hydrogen) atoms. The predicted molar refractivity (Wildman–Crippen MR) is 113 cm³/mol. The van der Waals surface area contributed by atoms with Gasteiger partial charge in [-0.15, -0.1) is 0 Å². The second kappa shape index (κ2) is 9.95. The fourth-order valence-electron chi connectivity index (χ4n) is 3.70. The van der Waals surface area contributed by atoms with Gasteiger partial charge in [-0.05, 0) is 12.1 Å². The summed E-state index contributed by atoms with van der Waals surface area (Å²) in [6.07, 6.45) is 3.18. The number of hydrogen-bond donors (Lipinski definition) is 1. The van der Waals surface area contributed by atoms with Gasteiger partial charge in [-0.3, -0.25) is 24.5 Å². The Morgan fingerprint density at radius 3 is 2.42 bits per heavy atom. The molecule has 9 heteroatoms. The van der Waals surface area contributed by atoms with Crippen LogP contribution in [0.1, 0.15) is 22.3 Å². The molecule has 2 saturated heterocycles. The van der Waals surface area contributed by atoms with Crippen LogP contribution in [0.3, 0.4) is 0 Å². The lowest BCUT2D eigenvalue weighted by atomic mass is 10.1. The lowest BCUT2D eigenvalue weighted by molar-refractivity contribution is -0.141. The number of nitrogens with zero attached hydrogens (tertiary/aromatic N) is 4. The largest absolute Gasteiger partial charge is 0.379 e. The van der Waals surface area contributed by atoms with Gasteiger partial charge >= 0.3 is 0 Å². The van der Waals surface area contributed by atoms with Crippen molar-refractivity contribution in [2.45, 2.75) is 6.10 Å². The number of morpholine rings is 2. The molecule has 0 radical (unpaired) electrons. The van der Waals surface area contributed by atoms with Crippen LogP contribution < -0.4 is 5.32 Å². The van der Waals surface area contributed by atoms with Crippen molar-refractivity contribution in [2.75, 3.05) is 59.6 Å². The topological polar surface area (TPSA) is 96.9 Å². The van der Waals surface area contributed by atoms with Crippen molar-refractivity contribution < 1.29 is 19.1 Å². The molecule has 2 fully saturated rings. The standard InChI is InChI=1S/C22H27N5O4/c1-23-22(29)19-5-3-17(13-25-19)16-2-4-18(24-12-16)20-14-27(8-11-31-20)21(28)15-26-6-9-30-10-7-26/h2-5,12-13,20H,6-11,14-15H2,1H3,(H,23,29)/t20-/m0/s1. The van der Waals surface area contributed by atoms with E-state index in [0.29, 0.717) is 45.1 Å². The van der Waals surface area contributed by atoms with Gasteiger partial charge in [-0.25, -0.2) is 0 Å². The van der Waals surface area contributed by atoms with Gasteiger partial charge in [0.05, 0.1) is 38.6 Å². The van der Waals surface area contributed by atoms with Gasteiger partial charge < -0.3 is 19.7 Å². The van der Waals surface area contributed by atoms with Crippen LogP contribution >= 0.6 is 0 Å². The maximum Gasteiger partial charge on any atom is 0.269 e. The number of rotatable bonds is 5. The molecule has 0 unspecified atom stereocenters. The van der Waals surface area contributed by atoms with Crippen molar-refractivity contribution >= 4 is 11.8 Å². The van der Waals surface area contributed by atoms with E-state index in [2.05, 4.69) is 20.2 Å². The first-order valence-corrected chi connectivity index (χ1v) is 10.5. The maximum absolute atomic E-state index is 12.7. The molecule has 1 N–H and O–H groups in total. The van der Waals surface area contributed by atoms with Gasteiger partial charge in [0.2, 0.25) is 5.91 Å². The number of aromatic nitrogens is 2. The van der Waals surface area contributed by atoms with Crippen molar-refractivity contribution in [1.82, 2.24) is 25.1 Å². The summed E-state index contributed by atoms with van der Waals surface area (Å²) < 4.78 is 11.2. The first-order valence-electron chi connectivity index (χ1n) is 10.5. The van der Waals surface area contributed by atoms with Crippen LogP contribution in [-0.2, 0) is 14.3 Å². The van der Waals surface area contributed by atoms with Gasteiger partial charge in [-0.2, -0.15) is 0 Å². The number of amides is 2. The third-order valence-electron chi connectivity index (χ3n) is 5.55. The van der Waals surface area contributed by atoms with Crippen LogP contribution in [0.2, 0.25) is 0 Å². The molecule has 2 amide bonds. The highest BCUT2D eigenvalue weighted by molar-refractivity contribution is 5.92. The van der Waals surface area contributed by atoms with Gasteiger partial charge in [0, 0.05) is 50.2 Å². The molecule has 9 nitrogen and oxygen atoms in total. The average molecular weight is 425 g/mol. The van der Waals surface area contributed by atoms with Crippen LogP contribution in [0.4, 0.5) is 0 Å². The summed E-state index contributed by atoms with van der Waals surface area (Å²) in [5, 5.41) is 2.55. The van der Waals surface area contributed by atoms with E-state index in [-0.39, 0.29) is 17.9 Å². The third-order valence-corrected chi connectivity index (χ3v) is 5.55. The molecule has 2 aromatic heterocycles. The Hall–Kier alpha value is -2.88. The van der Waals surface area contributed by atoms with E-state index in [9.17, 15) is 9.59 Å². The number of pyridine rings is 2. The summed E-state index contributed by atoms with van der Waals surface area (Å²) >= 11 is 0. The molecule has 0 aromatic carbocycles. The SMILES string of the molecule is CNC(=O)c1ccc(-c2ccc([C@@H]3CN(C(=O)CN4CCOCC4)CCO3)nc2)cn1. The average Bonchev–Trinajstić information content (AvgIpc) is 2.84.